The zero-order valence-corrected chi connectivity index (χ0v) is 14.2. The first-order valence-electron chi connectivity index (χ1n) is 8.54. The molecule has 130 valence electrons. The van der Waals surface area contributed by atoms with E-state index in [9.17, 15) is 9.18 Å². The summed E-state index contributed by atoms with van der Waals surface area (Å²) in [4.78, 5) is 19.6. The van der Waals surface area contributed by atoms with Crippen molar-refractivity contribution in [3.05, 3.63) is 64.2 Å². The number of H-pyrrole nitrogens is 1. The lowest BCUT2D eigenvalue weighted by Crippen LogP contribution is -2.10. The fraction of sp³-hybridized carbons (Fsp3) is 0.300. The maximum absolute atomic E-state index is 13.7. The van der Waals surface area contributed by atoms with Crippen LogP contribution in [0.4, 0.5) is 4.39 Å². The highest BCUT2D eigenvalue weighted by atomic mass is 19.1. The lowest BCUT2D eigenvalue weighted by molar-refractivity contribution is 0.117. The second kappa shape index (κ2) is 8.03. The van der Waals surface area contributed by atoms with E-state index in [1.165, 1.54) is 12.1 Å². The molecule has 25 heavy (non-hydrogen) atoms. The summed E-state index contributed by atoms with van der Waals surface area (Å²) in [6, 6.07) is 11.6. The molecule has 0 atom stereocenters. The van der Waals surface area contributed by atoms with E-state index in [4.69, 9.17) is 4.74 Å². The summed E-state index contributed by atoms with van der Waals surface area (Å²) in [5, 5.41) is 0.533. The molecule has 0 bridgehead atoms. The maximum Gasteiger partial charge on any atom is 0.259 e. The fourth-order valence-corrected chi connectivity index (χ4v) is 2.76. The Kier molecular flexibility index (Phi) is 5.56. The molecular formula is C20H21FN2O2. The van der Waals surface area contributed by atoms with Gasteiger partial charge in [-0.2, -0.15) is 0 Å². The van der Waals surface area contributed by atoms with E-state index >= 15 is 0 Å². The minimum Gasteiger partial charge on any atom is -0.377 e. The zero-order valence-electron chi connectivity index (χ0n) is 14.2. The molecule has 0 aliphatic rings. The highest BCUT2D eigenvalue weighted by Crippen LogP contribution is 2.23. The molecule has 5 heteroatoms. The number of fused-ring (bicyclic) bond motifs is 1. The van der Waals surface area contributed by atoms with E-state index in [2.05, 4.69) is 16.9 Å². The van der Waals surface area contributed by atoms with Gasteiger partial charge in [-0.25, -0.2) is 9.37 Å². The molecule has 0 aliphatic carbocycles. The maximum atomic E-state index is 13.7. The minimum atomic E-state index is -0.334. The average molecular weight is 340 g/mol. The molecule has 2 aromatic carbocycles. The Morgan fingerprint density at radius 3 is 2.84 bits per heavy atom. The molecule has 3 rings (SSSR count). The van der Waals surface area contributed by atoms with Crippen LogP contribution >= 0.6 is 0 Å². The lowest BCUT2D eigenvalue weighted by atomic mass is 10.1. The largest absolute Gasteiger partial charge is 0.377 e. The Morgan fingerprint density at radius 1 is 1.16 bits per heavy atom. The Morgan fingerprint density at radius 2 is 2.00 bits per heavy atom. The number of ether oxygens (including phenoxy) is 1. The van der Waals surface area contributed by atoms with E-state index in [0.717, 1.165) is 19.3 Å². The van der Waals surface area contributed by atoms with Crippen molar-refractivity contribution in [2.75, 3.05) is 6.61 Å². The Bertz CT molecular complexity index is 921. The fourth-order valence-electron chi connectivity index (χ4n) is 2.76. The summed E-state index contributed by atoms with van der Waals surface area (Å²) < 4.78 is 19.3. The number of para-hydroxylation sites is 1. The van der Waals surface area contributed by atoms with Crippen LogP contribution in [-0.4, -0.2) is 16.6 Å². The molecule has 0 unspecified atom stereocenters. The number of hydrogen-bond donors (Lipinski definition) is 1. The van der Waals surface area contributed by atoms with Gasteiger partial charge >= 0.3 is 0 Å². The van der Waals surface area contributed by atoms with E-state index in [-0.39, 0.29) is 18.0 Å². The van der Waals surface area contributed by atoms with Crippen LogP contribution in [0.25, 0.3) is 22.3 Å². The second-order valence-electron chi connectivity index (χ2n) is 5.99. The number of nitrogens with zero attached hydrogens (tertiary/aromatic N) is 1. The smallest absolute Gasteiger partial charge is 0.259 e. The predicted molar refractivity (Wildman–Crippen MR) is 96.9 cm³/mol. The van der Waals surface area contributed by atoms with E-state index in [1.54, 1.807) is 24.3 Å². The minimum absolute atomic E-state index is 0.209. The number of rotatable bonds is 7. The molecule has 0 saturated heterocycles. The normalized spacial score (nSPS) is 11.1. The summed E-state index contributed by atoms with van der Waals surface area (Å²) in [5.41, 5.74) is 1.76. The van der Waals surface area contributed by atoms with Crippen LogP contribution in [-0.2, 0) is 11.3 Å². The molecule has 0 aliphatic heterocycles. The van der Waals surface area contributed by atoms with Gasteiger partial charge < -0.3 is 9.72 Å². The Hall–Kier alpha value is -2.53. The van der Waals surface area contributed by atoms with Crippen molar-refractivity contribution in [1.29, 1.82) is 0 Å². The van der Waals surface area contributed by atoms with Crippen molar-refractivity contribution in [3.8, 4) is 11.4 Å². The highest BCUT2D eigenvalue weighted by molar-refractivity contribution is 5.79. The van der Waals surface area contributed by atoms with Gasteiger partial charge in [-0.05, 0) is 42.3 Å². The van der Waals surface area contributed by atoms with Gasteiger partial charge in [0.25, 0.3) is 5.56 Å². The van der Waals surface area contributed by atoms with Crippen LogP contribution in [0.2, 0.25) is 0 Å². The zero-order chi connectivity index (χ0) is 17.6. The van der Waals surface area contributed by atoms with Crippen molar-refractivity contribution in [2.24, 2.45) is 0 Å². The van der Waals surface area contributed by atoms with Crippen LogP contribution in [0, 0.1) is 5.82 Å². The Labute approximate surface area is 145 Å². The summed E-state index contributed by atoms with van der Waals surface area (Å²) in [7, 11) is 0. The van der Waals surface area contributed by atoms with Crippen LogP contribution in [0.1, 0.15) is 31.7 Å². The predicted octanol–water partition coefficient (Wildman–Crippen LogP) is 4.44. The quantitative estimate of drug-likeness (QED) is 0.647. The molecule has 0 saturated carbocycles. The van der Waals surface area contributed by atoms with Crippen molar-refractivity contribution in [2.45, 2.75) is 32.8 Å². The molecule has 0 amide bonds. The summed E-state index contributed by atoms with van der Waals surface area (Å²) >= 11 is 0. The van der Waals surface area contributed by atoms with Crippen molar-refractivity contribution < 1.29 is 9.13 Å². The van der Waals surface area contributed by atoms with Crippen LogP contribution in [0.5, 0.6) is 0 Å². The third-order valence-electron chi connectivity index (χ3n) is 4.09. The van der Waals surface area contributed by atoms with E-state index in [0.29, 0.717) is 34.5 Å². The van der Waals surface area contributed by atoms with Crippen molar-refractivity contribution >= 4 is 10.9 Å². The molecule has 1 heterocycles. The summed E-state index contributed by atoms with van der Waals surface area (Å²) in [6.07, 6.45) is 3.21. The molecule has 0 radical (unpaired) electrons. The van der Waals surface area contributed by atoms with Gasteiger partial charge in [0.2, 0.25) is 0 Å². The van der Waals surface area contributed by atoms with E-state index < -0.39 is 0 Å². The SMILES string of the molecule is CCCCCOCc1cc(F)ccc1-c1nc2ccccc2c(=O)[nH]1. The topological polar surface area (TPSA) is 55.0 Å². The first kappa shape index (κ1) is 17.3. The van der Waals surface area contributed by atoms with Gasteiger partial charge in [-0.15, -0.1) is 0 Å². The number of halogens is 1. The van der Waals surface area contributed by atoms with Crippen LogP contribution in [0.15, 0.2) is 47.3 Å². The number of aromatic nitrogens is 2. The Balaban J connectivity index is 1.92. The van der Waals surface area contributed by atoms with Gasteiger partial charge in [0.05, 0.1) is 17.5 Å². The number of nitrogens with one attached hydrogen (secondary N) is 1. The molecule has 1 N–H and O–H groups in total. The van der Waals surface area contributed by atoms with Gasteiger partial charge in [-0.1, -0.05) is 31.9 Å². The molecular weight excluding hydrogens is 319 g/mol. The number of hydrogen-bond acceptors (Lipinski definition) is 3. The highest BCUT2D eigenvalue weighted by Gasteiger charge is 2.11. The number of benzene rings is 2. The first-order chi connectivity index (χ1) is 12.2. The van der Waals surface area contributed by atoms with Crippen LogP contribution < -0.4 is 5.56 Å². The standard InChI is InChI=1S/C20H21FN2O2/c1-2-3-6-11-25-13-14-12-15(21)9-10-16(14)19-22-18-8-5-4-7-17(18)20(24)23-19/h4-5,7-10,12H,2-3,6,11,13H2,1H3,(H,22,23,24). The molecule has 3 aromatic rings. The monoisotopic (exact) mass is 340 g/mol. The summed E-state index contributed by atoms with van der Waals surface area (Å²) in [6.45, 7) is 3.05. The third-order valence-corrected chi connectivity index (χ3v) is 4.09. The average Bonchev–Trinajstić information content (AvgIpc) is 2.61. The van der Waals surface area contributed by atoms with Crippen molar-refractivity contribution in [3.63, 3.8) is 0 Å². The molecule has 4 nitrogen and oxygen atoms in total. The van der Waals surface area contributed by atoms with Gasteiger partial charge in [0.1, 0.15) is 11.6 Å². The molecule has 0 fully saturated rings. The van der Waals surface area contributed by atoms with Gasteiger partial charge in [0, 0.05) is 12.2 Å². The lowest BCUT2D eigenvalue weighted by Gasteiger charge is -2.11. The van der Waals surface area contributed by atoms with E-state index in [1.807, 2.05) is 6.07 Å². The van der Waals surface area contributed by atoms with Crippen LogP contribution in [0.3, 0.4) is 0 Å². The summed E-state index contributed by atoms with van der Waals surface area (Å²) in [5.74, 6) is 0.0925. The van der Waals surface area contributed by atoms with Crippen molar-refractivity contribution in [1.82, 2.24) is 9.97 Å². The third kappa shape index (κ3) is 4.12. The first-order valence-corrected chi connectivity index (χ1v) is 8.54. The van der Waals surface area contributed by atoms with Gasteiger partial charge in [-0.3, -0.25) is 4.79 Å². The second-order valence-corrected chi connectivity index (χ2v) is 5.99. The number of aromatic amines is 1. The molecule has 0 spiro atoms. The molecule has 1 aromatic heterocycles. The number of unbranched alkanes of at least 4 members (excludes halogenated alkanes) is 2. The van der Waals surface area contributed by atoms with Gasteiger partial charge in [0.15, 0.2) is 0 Å².